The lowest BCUT2D eigenvalue weighted by Crippen LogP contribution is -2.21. The first-order chi connectivity index (χ1) is 11.9. The lowest BCUT2D eigenvalue weighted by molar-refractivity contribution is 0.102. The zero-order chi connectivity index (χ0) is 18.0. The van der Waals surface area contributed by atoms with Crippen molar-refractivity contribution in [1.29, 1.82) is 0 Å². The third kappa shape index (κ3) is 3.86. The molecule has 3 rings (SSSR count). The van der Waals surface area contributed by atoms with Crippen LogP contribution in [0.1, 0.15) is 10.5 Å². The number of nitrogens with one attached hydrogen (secondary N) is 1. The number of halogens is 2. The largest absolute Gasteiger partial charge is 0.347 e. The molecular weight excluding hydrogens is 349 g/mol. The van der Waals surface area contributed by atoms with Crippen LogP contribution < -0.4 is 11.0 Å². The Morgan fingerprint density at radius 3 is 2.72 bits per heavy atom. The molecule has 25 heavy (non-hydrogen) atoms. The molecule has 1 N–H and O–H groups in total. The van der Waals surface area contributed by atoms with Gasteiger partial charge in [0.05, 0.1) is 17.6 Å². The fourth-order valence-corrected chi connectivity index (χ4v) is 2.34. The lowest BCUT2D eigenvalue weighted by atomic mass is 10.1. The predicted molar refractivity (Wildman–Crippen MR) is 89.9 cm³/mol. The number of anilines is 1. The van der Waals surface area contributed by atoms with Crippen LogP contribution in [-0.4, -0.2) is 25.4 Å². The molecule has 2 aromatic heterocycles. The average molecular weight is 360 g/mol. The molecule has 0 unspecified atom stereocenters. The van der Waals surface area contributed by atoms with Gasteiger partial charge in [-0.3, -0.25) is 4.79 Å². The maximum atomic E-state index is 13.5. The Labute approximate surface area is 146 Å². The van der Waals surface area contributed by atoms with Gasteiger partial charge in [-0.1, -0.05) is 11.6 Å². The van der Waals surface area contributed by atoms with Gasteiger partial charge >= 0.3 is 5.69 Å². The summed E-state index contributed by atoms with van der Waals surface area (Å²) in [5.41, 5.74) is 0.732. The van der Waals surface area contributed by atoms with Gasteiger partial charge in [-0.25, -0.2) is 19.2 Å². The van der Waals surface area contributed by atoms with Gasteiger partial charge in [-0.15, -0.1) is 0 Å². The fourth-order valence-electron chi connectivity index (χ4n) is 2.11. The number of amides is 1. The number of aryl methyl sites for hydroxylation is 1. The molecule has 0 atom stereocenters. The van der Waals surface area contributed by atoms with E-state index < -0.39 is 17.4 Å². The summed E-state index contributed by atoms with van der Waals surface area (Å²) in [6.45, 7) is 0. The number of nitrogens with zero attached hydrogens (tertiary/aromatic N) is 4. The van der Waals surface area contributed by atoms with E-state index in [0.29, 0.717) is 16.9 Å². The SMILES string of the molecule is Cn1cc(NC(=O)c2cc(-c3cc(F)cc(Cl)c3)ncn2)cnc1=O. The molecule has 0 aliphatic rings. The molecule has 0 bridgehead atoms. The van der Waals surface area contributed by atoms with Crippen LogP contribution >= 0.6 is 11.6 Å². The minimum Gasteiger partial charge on any atom is -0.318 e. The summed E-state index contributed by atoms with van der Waals surface area (Å²) in [7, 11) is 1.52. The minimum atomic E-state index is -0.522. The van der Waals surface area contributed by atoms with Gasteiger partial charge < -0.3 is 9.88 Å². The van der Waals surface area contributed by atoms with E-state index in [4.69, 9.17) is 11.6 Å². The topological polar surface area (TPSA) is 89.8 Å². The van der Waals surface area contributed by atoms with Crippen molar-refractivity contribution < 1.29 is 9.18 Å². The number of carbonyl (C=O) groups excluding carboxylic acids is 1. The van der Waals surface area contributed by atoms with Crippen molar-refractivity contribution in [3.63, 3.8) is 0 Å². The maximum Gasteiger partial charge on any atom is 0.347 e. The quantitative estimate of drug-likeness (QED) is 0.774. The predicted octanol–water partition coefficient (Wildman–Crippen LogP) is 2.28. The van der Waals surface area contributed by atoms with Gasteiger partial charge in [0.2, 0.25) is 0 Å². The van der Waals surface area contributed by atoms with E-state index in [1.54, 1.807) is 0 Å². The molecular formula is C16H11ClFN5O2. The Hall–Kier alpha value is -3.13. The van der Waals surface area contributed by atoms with E-state index in [1.807, 2.05) is 0 Å². The van der Waals surface area contributed by atoms with Crippen LogP contribution in [0.4, 0.5) is 10.1 Å². The van der Waals surface area contributed by atoms with Crippen LogP contribution in [0, 0.1) is 5.82 Å². The normalized spacial score (nSPS) is 10.5. The molecule has 0 saturated carbocycles. The van der Waals surface area contributed by atoms with E-state index in [-0.39, 0.29) is 10.7 Å². The maximum absolute atomic E-state index is 13.5. The highest BCUT2D eigenvalue weighted by molar-refractivity contribution is 6.30. The Balaban J connectivity index is 1.88. The minimum absolute atomic E-state index is 0.0687. The Morgan fingerprint density at radius 2 is 2.00 bits per heavy atom. The molecule has 7 nitrogen and oxygen atoms in total. The number of hydrogen-bond donors (Lipinski definition) is 1. The summed E-state index contributed by atoms with van der Waals surface area (Å²) in [6, 6.07) is 5.38. The van der Waals surface area contributed by atoms with Crippen LogP contribution in [0.2, 0.25) is 5.02 Å². The van der Waals surface area contributed by atoms with E-state index >= 15 is 0 Å². The van der Waals surface area contributed by atoms with Crippen molar-refractivity contribution in [2.75, 3.05) is 5.32 Å². The molecule has 0 spiro atoms. The van der Waals surface area contributed by atoms with Crippen molar-refractivity contribution in [1.82, 2.24) is 19.5 Å². The van der Waals surface area contributed by atoms with Gasteiger partial charge in [0.15, 0.2) is 0 Å². The Morgan fingerprint density at radius 1 is 1.20 bits per heavy atom. The summed E-state index contributed by atoms with van der Waals surface area (Å²) in [6.07, 6.45) is 3.87. The first-order valence-electron chi connectivity index (χ1n) is 7.05. The number of aromatic nitrogens is 4. The van der Waals surface area contributed by atoms with E-state index in [0.717, 1.165) is 0 Å². The monoisotopic (exact) mass is 359 g/mol. The van der Waals surface area contributed by atoms with Crippen molar-refractivity contribution in [2.45, 2.75) is 0 Å². The molecule has 1 aromatic carbocycles. The zero-order valence-electron chi connectivity index (χ0n) is 12.9. The summed E-state index contributed by atoms with van der Waals surface area (Å²) in [4.78, 5) is 35.1. The Kier molecular flexibility index (Phi) is 4.53. The highest BCUT2D eigenvalue weighted by Gasteiger charge is 2.12. The smallest absolute Gasteiger partial charge is 0.318 e. The van der Waals surface area contributed by atoms with Crippen LogP contribution in [0.5, 0.6) is 0 Å². The second-order valence-corrected chi connectivity index (χ2v) is 5.57. The highest BCUT2D eigenvalue weighted by atomic mass is 35.5. The fraction of sp³-hybridized carbons (Fsp3) is 0.0625. The number of benzene rings is 1. The van der Waals surface area contributed by atoms with Crippen molar-refractivity contribution in [3.8, 4) is 11.3 Å². The molecule has 0 aliphatic carbocycles. The van der Waals surface area contributed by atoms with Crippen LogP contribution in [0.25, 0.3) is 11.3 Å². The second-order valence-electron chi connectivity index (χ2n) is 5.14. The third-order valence-electron chi connectivity index (χ3n) is 3.26. The highest BCUT2D eigenvalue weighted by Crippen LogP contribution is 2.23. The zero-order valence-corrected chi connectivity index (χ0v) is 13.7. The van der Waals surface area contributed by atoms with Crippen LogP contribution in [0.15, 0.2) is 47.8 Å². The van der Waals surface area contributed by atoms with Gasteiger partial charge in [0.25, 0.3) is 5.91 Å². The molecule has 0 radical (unpaired) electrons. The molecule has 0 saturated heterocycles. The number of carbonyl (C=O) groups is 1. The van der Waals surface area contributed by atoms with E-state index in [2.05, 4.69) is 20.3 Å². The number of rotatable bonds is 3. The van der Waals surface area contributed by atoms with E-state index in [9.17, 15) is 14.0 Å². The molecule has 3 aromatic rings. The van der Waals surface area contributed by atoms with Crippen LogP contribution in [-0.2, 0) is 7.05 Å². The van der Waals surface area contributed by atoms with Crippen molar-refractivity contribution >= 4 is 23.2 Å². The first kappa shape index (κ1) is 16.7. The molecule has 1 amide bonds. The summed E-state index contributed by atoms with van der Waals surface area (Å²) < 4.78 is 14.7. The molecule has 0 aliphatic heterocycles. The molecule has 9 heteroatoms. The lowest BCUT2D eigenvalue weighted by Gasteiger charge is -2.07. The number of hydrogen-bond acceptors (Lipinski definition) is 5. The summed E-state index contributed by atoms with van der Waals surface area (Å²) in [5, 5.41) is 2.79. The van der Waals surface area contributed by atoms with Gasteiger partial charge in [-0.05, 0) is 24.3 Å². The van der Waals surface area contributed by atoms with Gasteiger partial charge in [0.1, 0.15) is 17.8 Å². The van der Waals surface area contributed by atoms with Crippen LogP contribution in [0.3, 0.4) is 0 Å². The van der Waals surface area contributed by atoms with E-state index in [1.165, 1.54) is 54.6 Å². The van der Waals surface area contributed by atoms with Crippen molar-refractivity contribution in [2.24, 2.45) is 7.05 Å². The average Bonchev–Trinajstić information content (AvgIpc) is 2.57. The molecule has 2 heterocycles. The second kappa shape index (κ2) is 6.78. The summed E-state index contributed by atoms with van der Waals surface area (Å²) >= 11 is 5.84. The Bertz CT molecular complexity index is 1000. The third-order valence-corrected chi connectivity index (χ3v) is 3.48. The first-order valence-corrected chi connectivity index (χ1v) is 7.43. The molecule has 0 fully saturated rings. The molecule has 126 valence electrons. The van der Waals surface area contributed by atoms with Gasteiger partial charge in [0, 0.05) is 23.8 Å². The summed E-state index contributed by atoms with van der Waals surface area (Å²) in [5.74, 6) is -1.03. The standard InChI is InChI=1S/C16H11ClFN5O2/c1-23-7-12(6-19-16(23)25)22-15(24)14-5-13(20-8-21-14)9-2-10(17)4-11(18)3-9/h2-8H,1H3,(H,22,24). The van der Waals surface area contributed by atoms with Crippen molar-refractivity contribution in [3.05, 3.63) is 70.0 Å². The van der Waals surface area contributed by atoms with Gasteiger partial charge in [-0.2, -0.15) is 4.98 Å².